The van der Waals surface area contributed by atoms with Crippen LogP contribution in [0.25, 0.3) is 0 Å². The van der Waals surface area contributed by atoms with Gasteiger partial charge in [-0.25, -0.2) is 8.42 Å². The quantitative estimate of drug-likeness (QED) is 0.353. The standard InChI is InChI=1S/C30H37N3O6S/c1-21(2)31-30(35)23(4)32(19-24-9-13-26(38-5)14-10-24)29(34)20-33(25-11-15-27(39-6)16-12-25)40(36,37)28-17-7-22(3)8-18-28/h7-18,21,23H,19-20H2,1-6H3,(H,31,35)/t23-/m1/s1. The lowest BCUT2D eigenvalue weighted by molar-refractivity contribution is -0.139. The number of amides is 2. The van der Waals surface area contributed by atoms with Crippen molar-refractivity contribution in [2.45, 2.75) is 51.2 Å². The SMILES string of the molecule is COc1ccc(CN(C(=O)CN(c2ccc(OC)cc2)S(=O)(=O)c2ccc(C)cc2)[C@H](C)C(=O)NC(C)C)cc1. The molecule has 0 heterocycles. The minimum atomic E-state index is -4.14. The predicted molar refractivity (Wildman–Crippen MR) is 155 cm³/mol. The Hall–Kier alpha value is -4.05. The zero-order chi connectivity index (χ0) is 29.4. The topological polar surface area (TPSA) is 105 Å². The first kappa shape index (κ1) is 30.5. The molecule has 0 aliphatic heterocycles. The summed E-state index contributed by atoms with van der Waals surface area (Å²) in [5.74, 6) is 0.327. The molecule has 0 saturated carbocycles. The lowest BCUT2D eigenvalue weighted by atomic mass is 10.1. The van der Waals surface area contributed by atoms with E-state index in [2.05, 4.69) is 5.32 Å². The van der Waals surface area contributed by atoms with Crippen molar-refractivity contribution in [3.05, 3.63) is 83.9 Å². The fourth-order valence-electron chi connectivity index (χ4n) is 4.03. The van der Waals surface area contributed by atoms with Crippen LogP contribution in [0, 0.1) is 6.92 Å². The van der Waals surface area contributed by atoms with E-state index in [9.17, 15) is 18.0 Å². The van der Waals surface area contributed by atoms with E-state index < -0.39 is 28.5 Å². The van der Waals surface area contributed by atoms with Crippen LogP contribution in [0.15, 0.2) is 77.7 Å². The van der Waals surface area contributed by atoms with Gasteiger partial charge in [-0.1, -0.05) is 29.8 Å². The number of nitrogens with zero attached hydrogens (tertiary/aromatic N) is 2. The van der Waals surface area contributed by atoms with Crippen LogP contribution in [-0.2, 0) is 26.2 Å². The molecule has 0 aliphatic rings. The van der Waals surface area contributed by atoms with Gasteiger partial charge in [0, 0.05) is 12.6 Å². The van der Waals surface area contributed by atoms with Crippen LogP contribution in [0.1, 0.15) is 31.9 Å². The molecule has 1 N–H and O–H groups in total. The van der Waals surface area contributed by atoms with Gasteiger partial charge in [-0.3, -0.25) is 13.9 Å². The summed E-state index contributed by atoms with van der Waals surface area (Å²) in [4.78, 5) is 28.4. The number of carbonyl (C=O) groups excluding carboxylic acids is 2. The summed E-state index contributed by atoms with van der Waals surface area (Å²) < 4.78 is 39.3. The Morgan fingerprint density at radius 1 is 0.825 bits per heavy atom. The van der Waals surface area contributed by atoms with Gasteiger partial charge in [-0.15, -0.1) is 0 Å². The normalized spacial score (nSPS) is 12.0. The highest BCUT2D eigenvalue weighted by molar-refractivity contribution is 7.92. The number of sulfonamides is 1. The summed E-state index contributed by atoms with van der Waals surface area (Å²) in [6, 6.07) is 19.0. The highest BCUT2D eigenvalue weighted by Gasteiger charge is 2.32. The lowest BCUT2D eigenvalue weighted by Crippen LogP contribution is -2.52. The molecule has 0 spiro atoms. The minimum Gasteiger partial charge on any atom is -0.497 e. The van der Waals surface area contributed by atoms with Gasteiger partial charge in [-0.05, 0) is 81.8 Å². The van der Waals surface area contributed by atoms with E-state index in [1.807, 2.05) is 20.8 Å². The maximum atomic E-state index is 13.9. The molecule has 0 aliphatic carbocycles. The Kier molecular flexibility index (Phi) is 10.2. The summed E-state index contributed by atoms with van der Waals surface area (Å²) in [5.41, 5.74) is 1.95. The molecule has 9 nitrogen and oxygen atoms in total. The van der Waals surface area contributed by atoms with Gasteiger partial charge in [-0.2, -0.15) is 0 Å². The number of benzene rings is 3. The van der Waals surface area contributed by atoms with Crippen LogP contribution in [0.5, 0.6) is 11.5 Å². The molecular formula is C30H37N3O6S. The molecule has 1 atom stereocenters. The van der Waals surface area contributed by atoms with Gasteiger partial charge < -0.3 is 19.7 Å². The third-order valence-corrected chi connectivity index (χ3v) is 8.15. The number of carbonyl (C=O) groups is 2. The molecule has 3 aromatic carbocycles. The number of rotatable bonds is 12. The van der Waals surface area contributed by atoms with E-state index in [0.717, 1.165) is 15.4 Å². The molecule has 0 saturated heterocycles. The predicted octanol–water partition coefficient (Wildman–Crippen LogP) is 4.15. The Bertz CT molecular complexity index is 1390. The summed E-state index contributed by atoms with van der Waals surface area (Å²) in [6.45, 7) is 6.74. The van der Waals surface area contributed by atoms with Crippen LogP contribution in [0.4, 0.5) is 5.69 Å². The van der Waals surface area contributed by atoms with Crippen LogP contribution in [-0.4, -0.2) is 58.0 Å². The second kappa shape index (κ2) is 13.3. The lowest BCUT2D eigenvalue weighted by Gasteiger charge is -2.32. The Morgan fingerprint density at radius 3 is 1.85 bits per heavy atom. The van der Waals surface area contributed by atoms with E-state index in [0.29, 0.717) is 17.2 Å². The molecule has 3 rings (SSSR count). The number of ether oxygens (including phenoxy) is 2. The summed E-state index contributed by atoms with van der Waals surface area (Å²) in [6.07, 6.45) is 0. The van der Waals surface area contributed by atoms with Gasteiger partial charge in [0.2, 0.25) is 11.8 Å². The fourth-order valence-corrected chi connectivity index (χ4v) is 5.44. The Morgan fingerprint density at radius 2 is 1.35 bits per heavy atom. The molecule has 0 aromatic heterocycles. The molecule has 0 unspecified atom stereocenters. The van der Waals surface area contributed by atoms with Crippen LogP contribution >= 0.6 is 0 Å². The first-order valence-electron chi connectivity index (χ1n) is 12.9. The average molecular weight is 568 g/mol. The number of hydrogen-bond donors (Lipinski definition) is 1. The third kappa shape index (κ3) is 7.53. The summed E-state index contributed by atoms with van der Waals surface area (Å²) >= 11 is 0. The largest absolute Gasteiger partial charge is 0.497 e. The smallest absolute Gasteiger partial charge is 0.264 e. The molecule has 3 aromatic rings. The summed E-state index contributed by atoms with van der Waals surface area (Å²) in [5, 5.41) is 2.84. The van der Waals surface area contributed by atoms with Crippen LogP contribution in [0.3, 0.4) is 0 Å². The van der Waals surface area contributed by atoms with Crippen molar-refractivity contribution in [1.29, 1.82) is 0 Å². The van der Waals surface area contributed by atoms with E-state index in [1.54, 1.807) is 74.7 Å². The van der Waals surface area contributed by atoms with E-state index in [1.165, 1.54) is 24.1 Å². The van der Waals surface area contributed by atoms with Crippen molar-refractivity contribution < 1.29 is 27.5 Å². The third-order valence-electron chi connectivity index (χ3n) is 6.36. The zero-order valence-electron chi connectivity index (χ0n) is 23.7. The van der Waals surface area contributed by atoms with E-state index >= 15 is 0 Å². The second-order valence-electron chi connectivity index (χ2n) is 9.73. The molecule has 40 heavy (non-hydrogen) atoms. The monoisotopic (exact) mass is 567 g/mol. The molecule has 2 amide bonds. The molecule has 0 bridgehead atoms. The van der Waals surface area contributed by atoms with Gasteiger partial charge >= 0.3 is 0 Å². The van der Waals surface area contributed by atoms with Crippen molar-refractivity contribution in [3.63, 3.8) is 0 Å². The maximum absolute atomic E-state index is 13.9. The molecule has 0 fully saturated rings. The van der Waals surface area contributed by atoms with E-state index in [4.69, 9.17) is 9.47 Å². The number of anilines is 1. The van der Waals surface area contributed by atoms with Crippen molar-refractivity contribution in [1.82, 2.24) is 10.2 Å². The zero-order valence-corrected chi connectivity index (χ0v) is 24.6. The highest BCUT2D eigenvalue weighted by atomic mass is 32.2. The molecule has 0 radical (unpaired) electrons. The minimum absolute atomic E-state index is 0.0500. The second-order valence-corrected chi connectivity index (χ2v) is 11.6. The number of hydrogen-bond acceptors (Lipinski definition) is 6. The number of methoxy groups -OCH3 is 2. The van der Waals surface area contributed by atoms with E-state index in [-0.39, 0.29) is 23.4 Å². The molecule has 214 valence electrons. The first-order chi connectivity index (χ1) is 19.0. The number of nitrogens with one attached hydrogen (secondary N) is 1. The average Bonchev–Trinajstić information content (AvgIpc) is 2.94. The Labute approximate surface area is 236 Å². The molecular weight excluding hydrogens is 530 g/mol. The van der Waals surface area contributed by atoms with Crippen molar-refractivity contribution in [2.75, 3.05) is 25.1 Å². The Balaban J connectivity index is 2.02. The van der Waals surface area contributed by atoms with Gasteiger partial charge in [0.1, 0.15) is 24.1 Å². The van der Waals surface area contributed by atoms with Crippen LogP contribution in [0.2, 0.25) is 0 Å². The summed E-state index contributed by atoms with van der Waals surface area (Å²) in [7, 11) is -1.06. The van der Waals surface area contributed by atoms with Crippen molar-refractivity contribution in [2.24, 2.45) is 0 Å². The maximum Gasteiger partial charge on any atom is 0.264 e. The first-order valence-corrected chi connectivity index (χ1v) is 14.4. The molecule has 10 heteroatoms. The highest BCUT2D eigenvalue weighted by Crippen LogP contribution is 2.27. The van der Waals surface area contributed by atoms with Gasteiger partial charge in [0.25, 0.3) is 10.0 Å². The van der Waals surface area contributed by atoms with Crippen molar-refractivity contribution in [3.8, 4) is 11.5 Å². The number of aryl methyl sites for hydroxylation is 1. The fraction of sp³-hybridized carbons (Fsp3) is 0.333. The van der Waals surface area contributed by atoms with Crippen LogP contribution < -0.4 is 19.1 Å². The van der Waals surface area contributed by atoms with Gasteiger partial charge in [0.05, 0.1) is 24.8 Å². The van der Waals surface area contributed by atoms with Gasteiger partial charge in [0.15, 0.2) is 0 Å². The van der Waals surface area contributed by atoms with Crippen molar-refractivity contribution >= 4 is 27.5 Å².